The Hall–Kier alpha value is -2.98. The number of aromatic nitrogens is 3. The van der Waals surface area contributed by atoms with Gasteiger partial charge in [-0.05, 0) is 36.8 Å². The normalized spacial score (nSPS) is 19.9. The fourth-order valence-electron chi connectivity index (χ4n) is 5.32. The molecule has 4 aromatic rings. The lowest BCUT2D eigenvalue weighted by molar-refractivity contribution is 0.0126. The van der Waals surface area contributed by atoms with Crippen molar-refractivity contribution >= 4 is 33.2 Å². The van der Waals surface area contributed by atoms with Crippen molar-refractivity contribution < 1.29 is 9.47 Å². The number of halogens is 1. The molecule has 2 fully saturated rings. The lowest BCUT2D eigenvalue weighted by atomic mass is 10.0. The molecule has 2 saturated heterocycles. The van der Waals surface area contributed by atoms with Gasteiger partial charge < -0.3 is 14.0 Å². The average molecular weight is 539 g/mol. The van der Waals surface area contributed by atoms with Crippen molar-refractivity contribution in [1.29, 1.82) is 0 Å². The molecular weight excluding hydrogens is 512 g/mol. The van der Waals surface area contributed by atoms with E-state index in [0.717, 1.165) is 70.3 Å². The van der Waals surface area contributed by atoms with E-state index in [1.807, 2.05) is 31.2 Å². The first-order chi connectivity index (χ1) is 17.9. The Balaban J connectivity index is 1.39. The minimum atomic E-state index is -0.349. The maximum Gasteiger partial charge on any atom is 0.331 e. The minimum Gasteiger partial charge on any atom is -0.488 e. The van der Waals surface area contributed by atoms with Crippen LogP contribution in [-0.4, -0.2) is 57.5 Å². The van der Waals surface area contributed by atoms with E-state index in [0.29, 0.717) is 11.1 Å². The Labute approximate surface area is 222 Å². The molecule has 10 heteroatoms. The van der Waals surface area contributed by atoms with Gasteiger partial charge in [0.2, 0.25) is 0 Å². The van der Waals surface area contributed by atoms with Crippen LogP contribution in [-0.2, 0) is 18.3 Å². The number of hydrogen-bond acceptors (Lipinski definition) is 7. The predicted octanol–water partition coefficient (Wildman–Crippen LogP) is 3.69. The van der Waals surface area contributed by atoms with Gasteiger partial charge in [-0.25, -0.2) is 4.79 Å². The molecule has 2 aliphatic rings. The van der Waals surface area contributed by atoms with Gasteiger partial charge in [-0.2, -0.15) is 0 Å². The van der Waals surface area contributed by atoms with Crippen LogP contribution in [0.15, 0.2) is 52.3 Å². The number of nitrogens with zero attached hydrogens (tertiary/aromatic N) is 4. The van der Waals surface area contributed by atoms with Gasteiger partial charge in [0.1, 0.15) is 11.9 Å². The van der Waals surface area contributed by atoms with Crippen molar-refractivity contribution in [3.8, 4) is 16.9 Å². The Morgan fingerprint density at radius 3 is 2.92 bits per heavy atom. The van der Waals surface area contributed by atoms with Crippen LogP contribution in [0, 0.1) is 6.92 Å². The second kappa shape index (κ2) is 9.72. The summed E-state index contributed by atoms with van der Waals surface area (Å²) < 4.78 is 15.9. The van der Waals surface area contributed by atoms with Crippen molar-refractivity contribution in [3.63, 3.8) is 0 Å². The van der Waals surface area contributed by atoms with Crippen LogP contribution in [0.1, 0.15) is 16.9 Å². The molecule has 0 saturated carbocycles. The van der Waals surface area contributed by atoms with Gasteiger partial charge in [0.15, 0.2) is 0 Å². The zero-order chi connectivity index (χ0) is 25.7. The van der Waals surface area contributed by atoms with Gasteiger partial charge >= 0.3 is 5.69 Å². The van der Waals surface area contributed by atoms with Gasteiger partial charge in [-0.15, -0.1) is 11.3 Å². The zero-order valence-electron chi connectivity index (χ0n) is 20.6. The third-order valence-corrected chi connectivity index (χ3v) is 8.51. The van der Waals surface area contributed by atoms with Crippen LogP contribution in [0.3, 0.4) is 0 Å². The van der Waals surface area contributed by atoms with Gasteiger partial charge in [0.05, 0.1) is 30.0 Å². The maximum atomic E-state index is 12.5. The lowest BCUT2D eigenvalue weighted by Gasteiger charge is -2.28. The fourth-order valence-corrected chi connectivity index (χ4v) is 6.72. The first-order valence-corrected chi connectivity index (χ1v) is 13.5. The minimum absolute atomic E-state index is 0.0720. The van der Waals surface area contributed by atoms with Crippen LogP contribution in [0.5, 0.6) is 5.75 Å². The van der Waals surface area contributed by atoms with Crippen molar-refractivity contribution in [1.82, 2.24) is 19.0 Å². The maximum absolute atomic E-state index is 12.5. The molecule has 0 unspecified atom stereocenters. The highest BCUT2D eigenvalue weighted by molar-refractivity contribution is 7.19. The molecule has 192 valence electrons. The molecule has 37 heavy (non-hydrogen) atoms. The monoisotopic (exact) mass is 538 g/mol. The van der Waals surface area contributed by atoms with Crippen molar-refractivity contribution in [3.05, 3.63) is 79.0 Å². The smallest absolute Gasteiger partial charge is 0.331 e. The van der Waals surface area contributed by atoms with Gasteiger partial charge in [0, 0.05) is 72.1 Å². The van der Waals surface area contributed by atoms with E-state index in [4.69, 9.17) is 21.1 Å². The van der Waals surface area contributed by atoms with Crippen LogP contribution < -0.4 is 16.0 Å². The first-order valence-electron chi connectivity index (χ1n) is 12.3. The van der Waals surface area contributed by atoms with E-state index in [1.54, 1.807) is 13.2 Å². The van der Waals surface area contributed by atoms with E-state index in [1.165, 1.54) is 32.7 Å². The van der Waals surface area contributed by atoms with Crippen LogP contribution in [0.25, 0.3) is 21.3 Å². The fraction of sp³-hybridized carbons (Fsp3) is 0.370. The zero-order valence-corrected chi connectivity index (χ0v) is 22.2. The molecule has 8 nitrogen and oxygen atoms in total. The number of aryl methyl sites for hydroxylation is 2. The van der Waals surface area contributed by atoms with Crippen molar-refractivity contribution in [2.24, 2.45) is 7.05 Å². The van der Waals surface area contributed by atoms with Crippen molar-refractivity contribution in [2.75, 3.05) is 26.3 Å². The molecule has 0 amide bonds. The molecule has 0 N–H and O–H groups in total. The van der Waals surface area contributed by atoms with E-state index in [9.17, 15) is 9.59 Å². The third kappa shape index (κ3) is 4.61. The number of morpholine rings is 1. The molecule has 2 aliphatic heterocycles. The van der Waals surface area contributed by atoms with Crippen molar-refractivity contribution in [2.45, 2.75) is 32.0 Å². The molecule has 6 rings (SSSR count). The Kier molecular flexibility index (Phi) is 6.40. The van der Waals surface area contributed by atoms with Crippen LogP contribution >= 0.6 is 22.9 Å². The molecule has 0 aliphatic carbocycles. The second-order valence-corrected chi connectivity index (χ2v) is 11.3. The molecular formula is C27H27ClN4O4S. The average Bonchev–Trinajstić information content (AvgIpc) is 3.48. The number of thiophene rings is 1. The molecule has 0 radical (unpaired) electrons. The second-order valence-electron chi connectivity index (χ2n) is 9.72. The van der Waals surface area contributed by atoms with Gasteiger partial charge in [-0.3, -0.25) is 19.2 Å². The van der Waals surface area contributed by atoms with Gasteiger partial charge in [-0.1, -0.05) is 11.6 Å². The highest BCUT2D eigenvalue weighted by Crippen LogP contribution is 2.42. The molecule has 0 bridgehead atoms. The number of pyridine rings is 1. The Morgan fingerprint density at radius 1 is 1.22 bits per heavy atom. The van der Waals surface area contributed by atoms with E-state index < -0.39 is 0 Å². The molecule has 0 spiro atoms. The van der Waals surface area contributed by atoms with E-state index in [-0.39, 0.29) is 23.9 Å². The molecule has 5 heterocycles. The number of rotatable bonds is 5. The number of ether oxygens (including phenoxy) is 2. The lowest BCUT2D eigenvalue weighted by Crippen LogP contribution is -2.40. The Morgan fingerprint density at radius 2 is 2.08 bits per heavy atom. The summed E-state index contributed by atoms with van der Waals surface area (Å²) in [4.78, 5) is 32.8. The highest BCUT2D eigenvalue weighted by Gasteiger charge is 2.36. The molecule has 2 atom stereocenters. The number of benzene rings is 1. The topological polar surface area (TPSA) is 78.6 Å². The first kappa shape index (κ1) is 24.4. The largest absolute Gasteiger partial charge is 0.488 e. The molecule has 3 aromatic heterocycles. The predicted molar refractivity (Wildman–Crippen MR) is 145 cm³/mol. The van der Waals surface area contributed by atoms with E-state index >= 15 is 0 Å². The van der Waals surface area contributed by atoms with Crippen LogP contribution in [0.2, 0.25) is 5.02 Å². The standard InChI is InChI=1S/C27H27ClN4O4S/c1-16-9-17(28)10-22(25(16)36-19-11-18-15-35-8-7-31(18)13-19)21-3-5-29-23-12-20(37-26(21)23)14-32-24(33)4-6-30(2)27(32)34/h3-6,9-10,12,18-19H,7-8,11,13-15H2,1-2H3/t18-,19+/m0/s1. The van der Waals surface area contributed by atoms with Gasteiger partial charge in [0.25, 0.3) is 5.56 Å². The summed E-state index contributed by atoms with van der Waals surface area (Å²) in [5.74, 6) is 0.825. The summed E-state index contributed by atoms with van der Waals surface area (Å²) in [6.07, 6.45) is 4.26. The summed E-state index contributed by atoms with van der Waals surface area (Å²) in [5.41, 5.74) is 2.99. The third-order valence-electron chi connectivity index (χ3n) is 7.15. The Bertz CT molecular complexity index is 1600. The quantitative estimate of drug-likeness (QED) is 0.386. The SMILES string of the molecule is Cc1cc(Cl)cc(-c2ccnc3cc(Cn4c(=O)ccn(C)c4=O)sc23)c1O[C@@H]1C[C@H]2COCCN2C1. The van der Waals surface area contributed by atoms with E-state index in [2.05, 4.69) is 9.88 Å². The number of fused-ring (bicyclic) bond motifs is 2. The summed E-state index contributed by atoms with van der Waals surface area (Å²) in [7, 11) is 1.63. The van der Waals surface area contributed by atoms with Crippen LogP contribution in [0.4, 0.5) is 0 Å². The summed E-state index contributed by atoms with van der Waals surface area (Å²) >= 11 is 8.06. The summed E-state index contributed by atoms with van der Waals surface area (Å²) in [6, 6.07) is 9.59. The molecule has 1 aromatic carbocycles. The number of hydrogen-bond donors (Lipinski definition) is 0. The highest BCUT2D eigenvalue weighted by atomic mass is 35.5. The summed E-state index contributed by atoms with van der Waals surface area (Å²) in [5, 5.41) is 0.637. The summed E-state index contributed by atoms with van der Waals surface area (Å²) in [6.45, 7) is 5.55.